The monoisotopic (exact) mass is 311 g/mol. The SMILES string of the molecule is O=C1C(=Cc2ccccc2)C(Nc2ccccc2)c2ccccc21. The Balaban J connectivity index is 1.79. The highest BCUT2D eigenvalue weighted by atomic mass is 16.1. The number of carbonyl (C=O) groups is 1. The molecule has 0 saturated carbocycles. The van der Waals surface area contributed by atoms with E-state index in [2.05, 4.69) is 5.32 Å². The van der Waals surface area contributed by atoms with Crippen molar-refractivity contribution in [2.24, 2.45) is 0 Å². The summed E-state index contributed by atoms with van der Waals surface area (Å²) in [5.41, 5.74) is 4.65. The standard InChI is InChI=1S/C22H17NO/c24-22-19-14-8-7-13-18(19)21(23-17-11-5-2-6-12-17)20(22)15-16-9-3-1-4-10-16/h1-15,21,23H. The molecule has 0 amide bonds. The molecule has 1 aliphatic carbocycles. The molecule has 2 nitrogen and oxygen atoms in total. The zero-order valence-corrected chi connectivity index (χ0v) is 13.1. The maximum Gasteiger partial charge on any atom is 0.191 e. The van der Waals surface area contributed by atoms with Crippen molar-refractivity contribution in [2.75, 3.05) is 5.32 Å². The molecule has 24 heavy (non-hydrogen) atoms. The third-order valence-electron chi connectivity index (χ3n) is 4.30. The van der Waals surface area contributed by atoms with Crippen LogP contribution in [0.15, 0.2) is 90.5 Å². The number of hydrogen-bond donors (Lipinski definition) is 1. The summed E-state index contributed by atoms with van der Waals surface area (Å²) in [5.74, 6) is 0.0999. The minimum atomic E-state index is -0.128. The Hall–Kier alpha value is -3.13. The van der Waals surface area contributed by atoms with Crippen molar-refractivity contribution in [3.05, 3.63) is 107 Å². The van der Waals surface area contributed by atoms with Crippen LogP contribution in [0.1, 0.15) is 27.5 Å². The van der Waals surface area contributed by atoms with Gasteiger partial charge in [-0.3, -0.25) is 4.79 Å². The summed E-state index contributed by atoms with van der Waals surface area (Å²) in [6.07, 6.45) is 1.99. The Bertz CT molecular complexity index is 898. The Morgan fingerprint density at radius 2 is 1.38 bits per heavy atom. The van der Waals surface area contributed by atoms with Crippen LogP contribution in [0.5, 0.6) is 0 Å². The summed E-state index contributed by atoms with van der Waals surface area (Å²) < 4.78 is 0. The lowest BCUT2D eigenvalue weighted by molar-refractivity contribution is 0.103. The summed E-state index contributed by atoms with van der Waals surface area (Å²) in [4.78, 5) is 12.9. The van der Waals surface area contributed by atoms with E-state index in [4.69, 9.17) is 0 Å². The van der Waals surface area contributed by atoms with E-state index in [0.717, 1.165) is 28.0 Å². The first kappa shape index (κ1) is 14.5. The summed E-state index contributed by atoms with van der Waals surface area (Å²) in [6.45, 7) is 0. The van der Waals surface area contributed by atoms with E-state index < -0.39 is 0 Å². The second-order valence-corrected chi connectivity index (χ2v) is 5.87. The fraction of sp³-hybridized carbons (Fsp3) is 0.0455. The van der Waals surface area contributed by atoms with Gasteiger partial charge >= 0.3 is 0 Å². The highest BCUT2D eigenvalue weighted by molar-refractivity contribution is 6.17. The van der Waals surface area contributed by atoms with Gasteiger partial charge in [0.25, 0.3) is 0 Å². The zero-order chi connectivity index (χ0) is 16.4. The molecule has 0 fully saturated rings. The van der Waals surface area contributed by atoms with Gasteiger partial charge in [-0.05, 0) is 29.3 Å². The van der Waals surface area contributed by atoms with Crippen LogP contribution in [0, 0.1) is 0 Å². The van der Waals surface area contributed by atoms with E-state index in [-0.39, 0.29) is 11.8 Å². The number of ketones is 1. The van der Waals surface area contributed by atoms with Crippen LogP contribution in [0.3, 0.4) is 0 Å². The molecule has 1 atom stereocenters. The fourth-order valence-electron chi connectivity index (χ4n) is 3.14. The van der Waals surface area contributed by atoms with Gasteiger partial charge in [-0.15, -0.1) is 0 Å². The number of para-hydroxylation sites is 1. The number of rotatable bonds is 3. The molecule has 2 heteroatoms. The number of hydrogen-bond acceptors (Lipinski definition) is 2. The summed E-state index contributed by atoms with van der Waals surface area (Å²) in [7, 11) is 0. The van der Waals surface area contributed by atoms with Crippen LogP contribution in [0.2, 0.25) is 0 Å². The maximum absolute atomic E-state index is 12.9. The number of anilines is 1. The molecule has 0 saturated heterocycles. The van der Waals surface area contributed by atoms with Gasteiger partial charge in [-0.2, -0.15) is 0 Å². The summed E-state index contributed by atoms with van der Waals surface area (Å²) in [5, 5.41) is 3.51. The van der Waals surface area contributed by atoms with Gasteiger partial charge in [-0.1, -0.05) is 72.8 Å². The van der Waals surface area contributed by atoms with E-state index in [9.17, 15) is 4.79 Å². The minimum absolute atomic E-state index is 0.0999. The summed E-state index contributed by atoms with van der Waals surface area (Å²) >= 11 is 0. The third-order valence-corrected chi connectivity index (χ3v) is 4.30. The molecule has 3 aromatic carbocycles. The van der Waals surface area contributed by atoms with Crippen molar-refractivity contribution in [1.82, 2.24) is 0 Å². The average molecular weight is 311 g/mol. The van der Waals surface area contributed by atoms with Crippen molar-refractivity contribution in [1.29, 1.82) is 0 Å². The van der Waals surface area contributed by atoms with Crippen molar-refractivity contribution in [3.8, 4) is 0 Å². The van der Waals surface area contributed by atoms with Crippen molar-refractivity contribution < 1.29 is 4.79 Å². The van der Waals surface area contributed by atoms with E-state index in [0.29, 0.717) is 0 Å². The summed E-state index contributed by atoms with van der Waals surface area (Å²) in [6, 6.07) is 27.7. The highest BCUT2D eigenvalue weighted by Gasteiger charge is 2.34. The van der Waals surface area contributed by atoms with Crippen molar-refractivity contribution in [2.45, 2.75) is 6.04 Å². The van der Waals surface area contributed by atoms with E-state index in [1.165, 1.54) is 0 Å². The Labute approximate surface area is 141 Å². The first-order valence-corrected chi connectivity index (χ1v) is 8.05. The maximum atomic E-state index is 12.9. The minimum Gasteiger partial charge on any atom is -0.374 e. The average Bonchev–Trinajstić information content (AvgIpc) is 2.90. The van der Waals surface area contributed by atoms with Gasteiger partial charge in [0.05, 0.1) is 6.04 Å². The number of nitrogens with one attached hydrogen (secondary N) is 1. The van der Waals surface area contributed by atoms with E-state index >= 15 is 0 Å². The van der Waals surface area contributed by atoms with Crippen molar-refractivity contribution in [3.63, 3.8) is 0 Å². The molecule has 0 bridgehead atoms. The largest absolute Gasteiger partial charge is 0.374 e. The molecule has 0 radical (unpaired) electrons. The van der Waals surface area contributed by atoms with Crippen LogP contribution in [-0.2, 0) is 0 Å². The molecule has 1 aliphatic rings. The van der Waals surface area contributed by atoms with Gasteiger partial charge in [-0.25, -0.2) is 0 Å². The molecule has 0 aromatic heterocycles. The molecule has 1 unspecified atom stereocenters. The molecule has 0 aliphatic heterocycles. The second-order valence-electron chi connectivity index (χ2n) is 5.87. The van der Waals surface area contributed by atoms with Gasteiger partial charge < -0.3 is 5.32 Å². The first-order chi connectivity index (χ1) is 11.8. The van der Waals surface area contributed by atoms with Crippen LogP contribution in [0.25, 0.3) is 6.08 Å². The van der Waals surface area contributed by atoms with Gasteiger partial charge in [0.15, 0.2) is 5.78 Å². The highest BCUT2D eigenvalue weighted by Crippen LogP contribution is 2.38. The van der Waals surface area contributed by atoms with Crippen LogP contribution >= 0.6 is 0 Å². The van der Waals surface area contributed by atoms with Gasteiger partial charge in [0, 0.05) is 16.8 Å². The van der Waals surface area contributed by atoms with E-state index in [1.807, 2.05) is 91.0 Å². The number of benzene rings is 3. The normalized spacial score (nSPS) is 17.8. The van der Waals surface area contributed by atoms with Gasteiger partial charge in [0.1, 0.15) is 0 Å². The number of carbonyl (C=O) groups excluding carboxylic acids is 1. The quantitative estimate of drug-likeness (QED) is 0.680. The number of Topliss-reactive ketones (excluding diaryl/α,β-unsaturated/α-hetero) is 1. The molecular formula is C22H17NO. The number of fused-ring (bicyclic) bond motifs is 1. The van der Waals surface area contributed by atoms with Crippen LogP contribution in [0.4, 0.5) is 5.69 Å². The Morgan fingerprint density at radius 3 is 2.12 bits per heavy atom. The smallest absolute Gasteiger partial charge is 0.191 e. The van der Waals surface area contributed by atoms with Crippen molar-refractivity contribution >= 4 is 17.5 Å². The second kappa shape index (κ2) is 6.17. The van der Waals surface area contributed by atoms with E-state index in [1.54, 1.807) is 0 Å². The molecule has 4 rings (SSSR count). The molecule has 0 spiro atoms. The van der Waals surface area contributed by atoms with Gasteiger partial charge in [0.2, 0.25) is 0 Å². The molecule has 0 heterocycles. The van der Waals surface area contributed by atoms with Crippen LogP contribution in [-0.4, -0.2) is 5.78 Å². The lowest BCUT2D eigenvalue weighted by Crippen LogP contribution is -2.11. The predicted molar refractivity (Wildman–Crippen MR) is 98.0 cm³/mol. The lowest BCUT2D eigenvalue weighted by atomic mass is 10.0. The molecule has 116 valence electrons. The lowest BCUT2D eigenvalue weighted by Gasteiger charge is -2.17. The molecule has 3 aromatic rings. The third kappa shape index (κ3) is 2.63. The predicted octanol–water partition coefficient (Wildman–Crippen LogP) is 5.12. The first-order valence-electron chi connectivity index (χ1n) is 8.05. The Kier molecular flexibility index (Phi) is 3.72. The molecular weight excluding hydrogens is 294 g/mol. The van der Waals surface area contributed by atoms with Crippen LogP contribution < -0.4 is 5.32 Å². The fourth-order valence-corrected chi connectivity index (χ4v) is 3.14. The Morgan fingerprint density at radius 1 is 0.750 bits per heavy atom. The zero-order valence-electron chi connectivity index (χ0n) is 13.1. The molecule has 1 N–H and O–H groups in total. The topological polar surface area (TPSA) is 29.1 Å².